The number of hydrogen-bond donors (Lipinski definition) is 0. The topological polar surface area (TPSA) is 42.7 Å². The van der Waals surface area contributed by atoms with Crippen molar-refractivity contribution in [3.05, 3.63) is 52.4 Å². The molecular formula is C15H16ClNO3. The summed E-state index contributed by atoms with van der Waals surface area (Å²) in [5, 5.41) is 0.109. The Kier molecular flexibility index (Phi) is 4.35. The van der Waals surface area contributed by atoms with E-state index in [9.17, 15) is 4.79 Å². The number of benzene rings is 1. The molecule has 2 rings (SSSR count). The van der Waals surface area contributed by atoms with Crippen LogP contribution in [0.25, 0.3) is 0 Å². The van der Waals surface area contributed by atoms with Crippen molar-refractivity contribution in [2.75, 3.05) is 14.2 Å². The number of hydrogen-bond acceptors (Lipinski definition) is 3. The molecule has 0 fully saturated rings. The zero-order chi connectivity index (χ0) is 14.7. The van der Waals surface area contributed by atoms with E-state index < -0.39 is 0 Å². The van der Waals surface area contributed by atoms with Gasteiger partial charge in [0.25, 0.3) is 5.91 Å². The Morgan fingerprint density at radius 2 is 2.15 bits per heavy atom. The van der Waals surface area contributed by atoms with Crippen molar-refractivity contribution in [2.24, 2.45) is 0 Å². The van der Waals surface area contributed by atoms with E-state index in [4.69, 9.17) is 20.8 Å². The van der Waals surface area contributed by atoms with Gasteiger partial charge in [0.05, 0.1) is 18.9 Å². The molecule has 0 spiro atoms. The number of rotatable bonds is 4. The first-order chi connectivity index (χ1) is 9.52. The van der Waals surface area contributed by atoms with Gasteiger partial charge in [-0.15, -0.1) is 0 Å². The summed E-state index contributed by atoms with van der Waals surface area (Å²) in [6.45, 7) is 2.43. The summed E-state index contributed by atoms with van der Waals surface area (Å²) in [7, 11) is 3.33. The lowest BCUT2D eigenvalue weighted by Crippen LogP contribution is -2.26. The highest BCUT2D eigenvalue weighted by Crippen LogP contribution is 2.23. The standard InChI is InChI=1S/C15H16ClNO3/c1-10-4-5-13(19-3)11(8-10)9-17(2)15(18)12-6-7-20-14(12)16/h4-8H,9H2,1-3H3. The fourth-order valence-electron chi connectivity index (χ4n) is 2.01. The molecule has 0 saturated carbocycles. The van der Waals surface area contributed by atoms with Gasteiger partial charge in [-0.05, 0) is 30.7 Å². The first-order valence-electron chi connectivity index (χ1n) is 6.15. The molecule has 0 unspecified atom stereocenters. The smallest absolute Gasteiger partial charge is 0.258 e. The van der Waals surface area contributed by atoms with Crippen LogP contribution < -0.4 is 4.74 Å². The van der Waals surface area contributed by atoms with Crippen LogP contribution in [0.3, 0.4) is 0 Å². The first-order valence-corrected chi connectivity index (χ1v) is 6.52. The van der Waals surface area contributed by atoms with Gasteiger partial charge >= 0.3 is 0 Å². The van der Waals surface area contributed by atoms with Crippen LogP contribution in [0, 0.1) is 6.92 Å². The van der Waals surface area contributed by atoms with Gasteiger partial charge in [0.2, 0.25) is 5.22 Å². The Bertz CT molecular complexity index is 621. The van der Waals surface area contributed by atoms with Gasteiger partial charge in [0, 0.05) is 19.2 Å². The minimum Gasteiger partial charge on any atom is -0.496 e. The molecule has 0 atom stereocenters. The lowest BCUT2D eigenvalue weighted by atomic mass is 10.1. The van der Waals surface area contributed by atoms with Crippen LogP contribution in [0.15, 0.2) is 34.9 Å². The SMILES string of the molecule is COc1ccc(C)cc1CN(C)C(=O)c1ccoc1Cl. The fourth-order valence-corrected chi connectivity index (χ4v) is 2.21. The molecule has 20 heavy (non-hydrogen) atoms. The summed E-state index contributed by atoms with van der Waals surface area (Å²) < 4.78 is 10.3. The Hall–Kier alpha value is -1.94. The number of carbonyl (C=O) groups is 1. The molecule has 1 amide bonds. The van der Waals surface area contributed by atoms with Gasteiger partial charge in [0.1, 0.15) is 5.75 Å². The molecule has 4 nitrogen and oxygen atoms in total. The van der Waals surface area contributed by atoms with Crippen molar-refractivity contribution in [1.82, 2.24) is 4.90 Å². The predicted octanol–water partition coefficient (Wildman–Crippen LogP) is 3.52. The molecule has 1 heterocycles. The molecule has 0 aliphatic rings. The number of aryl methyl sites for hydroxylation is 1. The van der Waals surface area contributed by atoms with Gasteiger partial charge in [-0.3, -0.25) is 4.79 Å². The van der Waals surface area contributed by atoms with Crippen molar-refractivity contribution < 1.29 is 13.9 Å². The fraction of sp³-hybridized carbons (Fsp3) is 0.267. The summed E-state index contributed by atoms with van der Waals surface area (Å²) in [6, 6.07) is 7.43. The predicted molar refractivity (Wildman–Crippen MR) is 77.2 cm³/mol. The molecule has 0 aliphatic carbocycles. The van der Waals surface area contributed by atoms with Crippen molar-refractivity contribution in [1.29, 1.82) is 0 Å². The molecule has 2 aromatic rings. The zero-order valence-electron chi connectivity index (χ0n) is 11.6. The third kappa shape index (κ3) is 2.96. The first kappa shape index (κ1) is 14.5. The van der Waals surface area contributed by atoms with E-state index in [-0.39, 0.29) is 11.1 Å². The maximum Gasteiger partial charge on any atom is 0.258 e. The van der Waals surface area contributed by atoms with Gasteiger partial charge in [0.15, 0.2) is 0 Å². The zero-order valence-corrected chi connectivity index (χ0v) is 12.4. The summed E-state index contributed by atoms with van der Waals surface area (Å²) in [6.07, 6.45) is 1.40. The number of halogens is 1. The third-order valence-electron chi connectivity index (χ3n) is 3.04. The van der Waals surface area contributed by atoms with Crippen LogP contribution in [0.1, 0.15) is 21.5 Å². The molecule has 1 aromatic carbocycles. The van der Waals surface area contributed by atoms with E-state index >= 15 is 0 Å². The maximum atomic E-state index is 12.3. The van der Waals surface area contributed by atoms with Crippen molar-refractivity contribution in [2.45, 2.75) is 13.5 Å². The van der Waals surface area contributed by atoms with Crippen LogP contribution in [0.5, 0.6) is 5.75 Å². The average Bonchev–Trinajstić information content (AvgIpc) is 2.84. The van der Waals surface area contributed by atoms with Crippen molar-refractivity contribution in [3.63, 3.8) is 0 Å². The Balaban J connectivity index is 2.20. The molecule has 0 N–H and O–H groups in total. The van der Waals surface area contributed by atoms with Crippen molar-refractivity contribution in [3.8, 4) is 5.75 Å². The van der Waals surface area contributed by atoms with E-state index in [0.29, 0.717) is 12.1 Å². The third-order valence-corrected chi connectivity index (χ3v) is 3.33. The molecule has 0 bridgehead atoms. The van der Waals surface area contributed by atoms with Crippen LogP contribution in [0.4, 0.5) is 0 Å². The molecular weight excluding hydrogens is 278 g/mol. The second-order valence-corrected chi connectivity index (χ2v) is 4.93. The van der Waals surface area contributed by atoms with E-state index in [1.54, 1.807) is 25.1 Å². The molecule has 0 aliphatic heterocycles. The Labute approximate surface area is 122 Å². The highest BCUT2D eigenvalue weighted by atomic mass is 35.5. The highest BCUT2D eigenvalue weighted by Gasteiger charge is 2.18. The average molecular weight is 294 g/mol. The number of carbonyl (C=O) groups excluding carboxylic acids is 1. The minimum atomic E-state index is -0.188. The van der Waals surface area contributed by atoms with Crippen LogP contribution >= 0.6 is 11.6 Å². The normalized spacial score (nSPS) is 10.4. The maximum absolute atomic E-state index is 12.3. The number of amides is 1. The number of ether oxygens (including phenoxy) is 1. The Morgan fingerprint density at radius 1 is 1.40 bits per heavy atom. The second kappa shape index (κ2) is 6.01. The minimum absolute atomic E-state index is 0.109. The van der Waals surface area contributed by atoms with Crippen LogP contribution in [-0.2, 0) is 6.54 Å². The van der Waals surface area contributed by atoms with Crippen LogP contribution in [-0.4, -0.2) is 25.0 Å². The summed E-state index contributed by atoms with van der Waals surface area (Å²) >= 11 is 5.83. The van der Waals surface area contributed by atoms with Crippen LogP contribution in [0.2, 0.25) is 5.22 Å². The van der Waals surface area contributed by atoms with Gasteiger partial charge in [-0.1, -0.05) is 17.7 Å². The number of nitrogens with zero attached hydrogens (tertiary/aromatic N) is 1. The van der Waals surface area contributed by atoms with Gasteiger partial charge < -0.3 is 14.1 Å². The largest absolute Gasteiger partial charge is 0.496 e. The van der Waals surface area contributed by atoms with E-state index in [0.717, 1.165) is 16.9 Å². The molecule has 1 aromatic heterocycles. The number of methoxy groups -OCH3 is 1. The monoisotopic (exact) mass is 293 g/mol. The van der Waals surface area contributed by atoms with E-state index in [1.165, 1.54) is 6.26 Å². The van der Waals surface area contributed by atoms with Gasteiger partial charge in [-0.25, -0.2) is 0 Å². The van der Waals surface area contributed by atoms with Crippen molar-refractivity contribution >= 4 is 17.5 Å². The number of furan rings is 1. The summed E-state index contributed by atoms with van der Waals surface area (Å²) in [4.78, 5) is 13.8. The molecule has 0 saturated heterocycles. The Morgan fingerprint density at radius 3 is 2.75 bits per heavy atom. The molecule has 106 valence electrons. The molecule has 0 radical (unpaired) electrons. The molecule has 5 heteroatoms. The summed E-state index contributed by atoms with van der Waals surface area (Å²) in [5.74, 6) is 0.570. The highest BCUT2D eigenvalue weighted by molar-refractivity contribution is 6.32. The summed E-state index contributed by atoms with van der Waals surface area (Å²) in [5.41, 5.74) is 2.42. The lowest BCUT2D eigenvalue weighted by Gasteiger charge is -2.18. The van der Waals surface area contributed by atoms with E-state index in [2.05, 4.69) is 0 Å². The van der Waals surface area contributed by atoms with E-state index in [1.807, 2.05) is 25.1 Å². The second-order valence-electron chi connectivity index (χ2n) is 4.58. The lowest BCUT2D eigenvalue weighted by molar-refractivity contribution is 0.0783. The quantitative estimate of drug-likeness (QED) is 0.866. The van der Waals surface area contributed by atoms with Gasteiger partial charge in [-0.2, -0.15) is 0 Å².